The predicted octanol–water partition coefficient (Wildman–Crippen LogP) is 5.82. The maximum absolute atomic E-state index is 13.5. The van der Waals surface area contributed by atoms with E-state index in [0.29, 0.717) is 27.7 Å². The highest BCUT2D eigenvalue weighted by molar-refractivity contribution is 7.92. The fourth-order valence-electron chi connectivity index (χ4n) is 4.10. The summed E-state index contributed by atoms with van der Waals surface area (Å²) < 4.78 is 26.4. The summed E-state index contributed by atoms with van der Waals surface area (Å²) in [5, 5.41) is 3.86. The number of carbonyl (C=O) groups excluding carboxylic acids is 2. The van der Waals surface area contributed by atoms with Crippen LogP contribution in [0.15, 0.2) is 42.5 Å². The van der Waals surface area contributed by atoms with Crippen LogP contribution in [0.4, 0.5) is 5.69 Å². The molecule has 2 rings (SSSR count). The number of carbonyl (C=O) groups is 2. The molecule has 0 aliphatic heterocycles. The zero-order valence-corrected chi connectivity index (χ0v) is 25.2. The average molecular weight is 585 g/mol. The summed E-state index contributed by atoms with van der Waals surface area (Å²) in [6, 6.07) is 11.7. The van der Waals surface area contributed by atoms with Crippen LogP contribution in [0, 0.1) is 0 Å². The van der Waals surface area contributed by atoms with Gasteiger partial charge in [-0.3, -0.25) is 13.9 Å². The van der Waals surface area contributed by atoms with Crippen LogP contribution in [0.1, 0.15) is 64.5 Å². The number of nitrogens with zero attached hydrogens (tertiary/aromatic N) is 2. The number of anilines is 1. The molecular weight excluding hydrogens is 545 g/mol. The number of aryl methyl sites for hydroxylation is 1. The van der Waals surface area contributed by atoms with Crippen molar-refractivity contribution in [3.8, 4) is 0 Å². The fraction of sp³-hybridized carbons (Fsp3) is 0.500. The summed E-state index contributed by atoms with van der Waals surface area (Å²) in [6.07, 6.45) is 3.54. The van der Waals surface area contributed by atoms with E-state index in [-0.39, 0.29) is 43.8 Å². The number of nitrogens with one attached hydrogen (secondary N) is 1. The van der Waals surface area contributed by atoms with Gasteiger partial charge in [-0.25, -0.2) is 8.42 Å². The fourth-order valence-corrected chi connectivity index (χ4v) is 5.53. The minimum atomic E-state index is -3.55. The van der Waals surface area contributed by atoms with Crippen LogP contribution in [-0.2, 0) is 32.6 Å². The molecule has 0 aliphatic carbocycles. The van der Waals surface area contributed by atoms with E-state index >= 15 is 0 Å². The number of rotatable bonds is 14. The molecule has 10 heteroatoms. The Kier molecular flexibility index (Phi) is 12.4. The van der Waals surface area contributed by atoms with E-state index in [1.807, 2.05) is 39.8 Å². The van der Waals surface area contributed by atoms with Crippen molar-refractivity contribution >= 4 is 50.7 Å². The first-order chi connectivity index (χ1) is 17.9. The molecule has 0 bridgehead atoms. The van der Waals surface area contributed by atoms with Crippen molar-refractivity contribution in [2.45, 2.75) is 78.4 Å². The van der Waals surface area contributed by atoms with Crippen LogP contribution in [0.2, 0.25) is 10.0 Å². The van der Waals surface area contributed by atoms with Gasteiger partial charge in [-0.05, 0) is 68.0 Å². The Bertz CT molecular complexity index is 1190. The van der Waals surface area contributed by atoms with Gasteiger partial charge in [-0.15, -0.1) is 0 Å². The van der Waals surface area contributed by atoms with E-state index in [0.717, 1.165) is 24.7 Å². The number of hydrogen-bond donors (Lipinski definition) is 1. The lowest BCUT2D eigenvalue weighted by Gasteiger charge is -2.32. The first-order valence-electron chi connectivity index (χ1n) is 13.0. The van der Waals surface area contributed by atoms with Gasteiger partial charge in [0.05, 0.1) is 11.9 Å². The number of hydrogen-bond acceptors (Lipinski definition) is 4. The molecule has 210 valence electrons. The summed E-state index contributed by atoms with van der Waals surface area (Å²) in [5.74, 6) is -0.481. The van der Waals surface area contributed by atoms with Gasteiger partial charge in [0.15, 0.2) is 0 Å². The summed E-state index contributed by atoms with van der Waals surface area (Å²) >= 11 is 12.5. The van der Waals surface area contributed by atoms with Crippen LogP contribution in [-0.4, -0.2) is 50.0 Å². The molecule has 7 nitrogen and oxygen atoms in total. The highest BCUT2D eigenvalue weighted by Crippen LogP contribution is 2.25. The van der Waals surface area contributed by atoms with Crippen molar-refractivity contribution < 1.29 is 18.0 Å². The first-order valence-corrected chi connectivity index (χ1v) is 15.6. The zero-order chi connectivity index (χ0) is 28.5. The molecule has 0 radical (unpaired) electrons. The Labute approximate surface area is 237 Å². The van der Waals surface area contributed by atoms with Crippen LogP contribution >= 0.6 is 23.2 Å². The van der Waals surface area contributed by atoms with Crippen LogP contribution in [0.5, 0.6) is 0 Å². The van der Waals surface area contributed by atoms with Gasteiger partial charge in [-0.1, -0.05) is 62.2 Å². The molecule has 2 aromatic rings. The molecule has 38 heavy (non-hydrogen) atoms. The first kappa shape index (κ1) is 31.9. The summed E-state index contributed by atoms with van der Waals surface area (Å²) in [4.78, 5) is 28.2. The van der Waals surface area contributed by atoms with Crippen molar-refractivity contribution in [3.63, 3.8) is 0 Å². The Balaban J connectivity index is 2.25. The topological polar surface area (TPSA) is 86.8 Å². The largest absolute Gasteiger partial charge is 0.352 e. The van der Waals surface area contributed by atoms with Crippen molar-refractivity contribution in [1.29, 1.82) is 0 Å². The molecule has 0 fully saturated rings. The maximum Gasteiger partial charge on any atom is 0.243 e. The van der Waals surface area contributed by atoms with Crippen molar-refractivity contribution in [2.75, 3.05) is 17.1 Å². The quantitative estimate of drug-likeness (QED) is 0.303. The SMILES string of the molecule is CCc1ccc(N(CCCC(=O)N(Cc2ccc(Cl)cc2Cl)[C@H](CC)C(=O)N[C@H](C)CC)S(C)(=O)=O)cc1. The Morgan fingerprint density at radius 3 is 2.18 bits per heavy atom. The number of benzene rings is 2. The molecule has 0 saturated heterocycles. The lowest BCUT2D eigenvalue weighted by atomic mass is 10.1. The van der Waals surface area contributed by atoms with Crippen LogP contribution in [0.25, 0.3) is 0 Å². The van der Waals surface area contributed by atoms with Gasteiger partial charge in [0.25, 0.3) is 0 Å². The Morgan fingerprint density at radius 1 is 1.00 bits per heavy atom. The van der Waals surface area contributed by atoms with Gasteiger partial charge < -0.3 is 10.2 Å². The molecule has 2 amide bonds. The molecule has 1 N–H and O–H groups in total. The lowest BCUT2D eigenvalue weighted by molar-refractivity contribution is -0.141. The molecule has 0 aliphatic rings. The monoisotopic (exact) mass is 583 g/mol. The van der Waals surface area contributed by atoms with Crippen LogP contribution in [0.3, 0.4) is 0 Å². The number of halogens is 2. The van der Waals surface area contributed by atoms with E-state index in [9.17, 15) is 18.0 Å². The summed E-state index contributed by atoms with van der Waals surface area (Å²) in [7, 11) is -3.55. The smallest absolute Gasteiger partial charge is 0.243 e. The highest BCUT2D eigenvalue weighted by atomic mass is 35.5. The third-order valence-corrected chi connectivity index (χ3v) is 8.31. The van der Waals surface area contributed by atoms with Crippen molar-refractivity contribution in [2.24, 2.45) is 0 Å². The molecule has 0 aromatic heterocycles. The van der Waals surface area contributed by atoms with Crippen molar-refractivity contribution in [3.05, 3.63) is 63.6 Å². The number of amides is 2. The second-order valence-electron chi connectivity index (χ2n) is 9.46. The second kappa shape index (κ2) is 14.8. The molecular formula is C28H39Cl2N3O4S. The van der Waals surface area contributed by atoms with E-state index in [2.05, 4.69) is 5.32 Å². The van der Waals surface area contributed by atoms with Gasteiger partial charge in [0.2, 0.25) is 21.8 Å². The zero-order valence-electron chi connectivity index (χ0n) is 22.8. The van der Waals surface area contributed by atoms with E-state index in [1.165, 1.54) is 9.21 Å². The van der Waals surface area contributed by atoms with Gasteiger partial charge in [-0.2, -0.15) is 0 Å². The van der Waals surface area contributed by atoms with E-state index < -0.39 is 16.1 Å². The van der Waals surface area contributed by atoms with E-state index in [4.69, 9.17) is 23.2 Å². The molecule has 0 spiro atoms. The Morgan fingerprint density at radius 2 is 1.66 bits per heavy atom. The predicted molar refractivity (Wildman–Crippen MR) is 156 cm³/mol. The van der Waals surface area contributed by atoms with Gasteiger partial charge in [0, 0.05) is 35.6 Å². The molecule has 0 unspecified atom stereocenters. The summed E-state index contributed by atoms with van der Waals surface area (Å²) in [5.41, 5.74) is 2.34. The standard InChI is InChI=1S/C28H39Cl2N3O4S/c1-6-20(4)31-28(35)26(8-3)32(19-22-13-14-23(29)18-25(22)30)27(34)10-9-17-33(38(5,36)37)24-15-11-21(7-2)12-16-24/h11-16,18,20,26H,6-10,17,19H2,1-5H3,(H,31,35)/t20-,26-/m1/s1. The highest BCUT2D eigenvalue weighted by Gasteiger charge is 2.30. The molecule has 0 saturated carbocycles. The average Bonchev–Trinajstić information content (AvgIpc) is 2.86. The van der Waals surface area contributed by atoms with Gasteiger partial charge >= 0.3 is 0 Å². The third kappa shape index (κ3) is 9.17. The lowest BCUT2D eigenvalue weighted by Crippen LogP contribution is -2.50. The third-order valence-electron chi connectivity index (χ3n) is 6.53. The molecule has 2 atom stereocenters. The van der Waals surface area contributed by atoms with Crippen LogP contribution < -0.4 is 9.62 Å². The summed E-state index contributed by atoms with van der Waals surface area (Å²) in [6.45, 7) is 8.06. The minimum Gasteiger partial charge on any atom is -0.352 e. The Hall–Kier alpha value is -2.29. The maximum atomic E-state index is 13.5. The van der Waals surface area contributed by atoms with E-state index in [1.54, 1.807) is 30.3 Å². The minimum absolute atomic E-state index is 0.0324. The van der Waals surface area contributed by atoms with Crippen molar-refractivity contribution in [1.82, 2.24) is 10.2 Å². The normalized spacial score (nSPS) is 13.0. The van der Waals surface area contributed by atoms with Gasteiger partial charge in [0.1, 0.15) is 6.04 Å². The number of sulfonamides is 1. The molecule has 2 aromatic carbocycles. The second-order valence-corrected chi connectivity index (χ2v) is 12.2. The molecule has 0 heterocycles.